The molecule has 4 rings (SSSR count). The Morgan fingerprint density at radius 2 is 0.864 bits per heavy atom. The number of hydrogen-bond donors (Lipinski definition) is 0. The summed E-state index contributed by atoms with van der Waals surface area (Å²) in [5.41, 5.74) is -3.23. The van der Waals surface area contributed by atoms with Gasteiger partial charge in [-0.15, -0.1) is 0 Å². The van der Waals surface area contributed by atoms with Crippen LogP contribution < -0.4 is 14.0 Å². The lowest BCUT2D eigenvalue weighted by Crippen LogP contribution is -2.52. The number of nitrogens with zero attached hydrogens (tertiary/aromatic N) is 1. The first kappa shape index (κ1) is 48.8. The zero-order valence-electron chi connectivity index (χ0n) is 32.9. The van der Waals surface area contributed by atoms with Crippen LogP contribution in [-0.2, 0) is 24.7 Å². The first-order chi connectivity index (χ1) is 27.5. The number of alkyl halides is 12. The van der Waals surface area contributed by atoms with Gasteiger partial charge in [-0.25, -0.2) is 0 Å². The maximum atomic E-state index is 14.1. The monoisotopic (exact) mass is 851 g/mol. The minimum Gasteiger partial charge on any atom is -0.490 e. The SMILES string of the molecule is CCCC[N+](CCCC)(CCCC)C(C)c1cc(C(F)(F)F)ccc1OB(Oc1ccc(C(F)(F)F)cc1)Oc1ccc(C(F)(F)F)cc1.FC(F)(F)c1cc[c-]cc1. The molecule has 324 valence electrons. The fourth-order valence-electron chi connectivity index (χ4n) is 6.21. The van der Waals surface area contributed by atoms with E-state index in [4.69, 9.17) is 14.0 Å². The Hall–Kier alpha value is -4.54. The molecule has 0 aliphatic rings. The van der Waals surface area contributed by atoms with Crippen LogP contribution in [0.5, 0.6) is 17.2 Å². The van der Waals surface area contributed by atoms with Crippen molar-refractivity contribution in [2.24, 2.45) is 0 Å². The highest BCUT2D eigenvalue weighted by molar-refractivity contribution is 6.39. The lowest BCUT2D eigenvalue weighted by molar-refractivity contribution is -0.956. The highest BCUT2D eigenvalue weighted by atomic mass is 19.4. The molecule has 4 aromatic rings. The van der Waals surface area contributed by atoms with E-state index in [1.807, 2.05) is 27.7 Å². The lowest BCUT2D eigenvalue weighted by Gasteiger charge is -2.45. The van der Waals surface area contributed by atoms with Crippen molar-refractivity contribution in [2.45, 2.75) is 97.0 Å². The summed E-state index contributed by atoms with van der Waals surface area (Å²) in [7, 11) is -1.82. The van der Waals surface area contributed by atoms with Gasteiger partial charge in [-0.2, -0.15) is 83.0 Å². The zero-order chi connectivity index (χ0) is 44.1. The van der Waals surface area contributed by atoms with Gasteiger partial charge < -0.3 is 18.4 Å². The standard InChI is InChI=1S/C35H42BF9NO3.C7H4F3/c1-5-8-21-46(22-9-6-2,23-10-7-3)25(4)31-24-28(35(43,44)45)15-20-32(31)49-36(47-29-16-11-26(12-17-29)33(37,38)39)48-30-18-13-27(14-19-30)34(40,41)42;8-7(9,10)6-4-2-1-3-5-6/h11-20,24-25H,5-10,21-23H2,1-4H3;2-5H/q+1;-1. The Balaban J connectivity index is 0.000000809. The summed E-state index contributed by atoms with van der Waals surface area (Å²) in [4.78, 5) is 0. The molecule has 0 fully saturated rings. The summed E-state index contributed by atoms with van der Waals surface area (Å²) in [5.74, 6) is -0.327. The van der Waals surface area contributed by atoms with Gasteiger partial charge in [0.25, 0.3) is 0 Å². The van der Waals surface area contributed by atoms with Gasteiger partial charge in [-0.05, 0) is 92.9 Å². The zero-order valence-corrected chi connectivity index (χ0v) is 32.9. The average Bonchev–Trinajstić information content (AvgIpc) is 3.17. The van der Waals surface area contributed by atoms with Crippen molar-refractivity contribution in [1.82, 2.24) is 0 Å². The van der Waals surface area contributed by atoms with E-state index in [9.17, 15) is 52.7 Å². The highest BCUT2D eigenvalue weighted by Crippen LogP contribution is 2.41. The van der Waals surface area contributed by atoms with E-state index in [1.165, 1.54) is 12.1 Å². The van der Waals surface area contributed by atoms with Gasteiger partial charge in [0.15, 0.2) is 0 Å². The maximum Gasteiger partial charge on any atom is 0.864 e. The molecule has 0 saturated carbocycles. The summed E-state index contributed by atoms with van der Waals surface area (Å²) in [6.07, 6.45) is -13.0. The van der Waals surface area contributed by atoms with Gasteiger partial charge in [-0.1, -0.05) is 45.6 Å². The second kappa shape index (κ2) is 21.1. The molecule has 1 unspecified atom stereocenters. The maximum absolute atomic E-state index is 14.1. The molecule has 0 heterocycles. The quantitative estimate of drug-likeness (QED) is 0.0458. The van der Waals surface area contributed by atoms with Crippen molar-refractivity contribution in [3.8, 4) is 17.2 Å². The van der Waals surface area contributed by atoms with Crippen LogP contribution in [0.15, 0.2) is 91.0 Å². The van der Waals surface area contributed by atoms with Crippen molar-refractivity contribution in [3.63, 3.8) is 0 Å². The summed E-state index contributed by atoms with van der Waals surface area (Å²) >= 11 is 0. The third-order valence-electron chi connectivity index (χ3n) is 9.58. The van der Waals surface area contributed by atoms with Crippen molar-refractivity contribution in [1.29, 1.82) is 0 Å². The van der Waals surface area contributed by atoms with Crippen LogP contribution >= 0.6 is 0 Å². The smallest absolute Gasteiger partial charge is 0.490 e. The molecule has 0 spiro atoms. The number of unbranched alkanes of at least 4 members (excludes halogenated alkanes) is 3. The second-order valence-electron chi connectivity index (χ2n) is 13.8. The molecular formula is C42H46BF12NO3. The molecule has 4 aromatic carbocycles. The van der Waals surface area contributed by atoms with E-state index >= 15 is 0 Å². The molecule has 59 heavy (non-hydrogen) atoms. The van der Waals surface area contributed by atoms with Gasteiger partial charge >= 0.3 is 32.0 Å². The number of quaternary nitrogens is 1. The van der Waals surface area contributed by atoms with Gasteiger partial charge in [0.1, 0.15) is 23.3 Å². The van der Waals surface area contributed by atoms with Gasteiger partial charge in [-0.3, -0.25) is 0 Å². The fourth-order valence-corrected chi connectivity index (χ4v) is 6.21. The van der Waals surface area contributed by atoms with Crippen molar-refractivity contribution in [3.05, 3.63) is 125 Å². The van der Waals surface area contributed by atoms with E-state index in [2.05, 4.69) is 6.07 Å². The van der Waals surface area contributed by atoms with E-state index in [1.54, 1.807) is 0 Å². The Kier molecular flexibility index (Phi) is 17.5. The van der Waals surface area contributed by atoms with Crippen molar-refractivity contribution >= 4 is 7.32 Å². The Morgan fingerprint density at radius 1 is 0.508 bits per heavy atom. The molecule has 0 bridgehead atoms. The Bertz CT molecular complexity index is 1750. The fraction of sp³-hybridized carbons (Fsp3) is 0.429. The molecular weight excluding hydrogens is 805 g/mol. The lowest BCUT2D eigenvalue weighted by atomic mass is 9.97. The number of hydrogen-bond acceptors (Lipinski definition) is 3. The summed E-state index contributed by atoms with van der Waals surface area (Å²) in [5, 5.41) is 0. The molecule has 17 heteroatoms. The van der Waals surface area contributed by atoms with E-state index in [0.717, 1.165) is 117 Å². The normalized spacial score (nSPS) is 12.9. The van der Waals surface area contributed by atoms with Crippen molar-refractivity contribution < 1.29 is 71.1 Å². The summed E-state index contributed by atoms with van der Waals surface area (Å²) < 4.78 is 175. The molecule has 4 nitrogen and oxygen atoms in total. The van der Waals surface area contributed by atoms with E-state index in [0.29, 0.717) is 24.1 Å². The predicted octanol–water partition coefficient (Wildman–Crippen LogP) is 14.0. The van der Waals surface area contributed by atoms with E-state index < -0.39 is 60.3 Å². The molecule has 1 atom stereocenters. The molecule has 0 radical (unpaired) electrons. The van der Waals surface area contributed by atoms with Crippen LogP contribution in [0, 0.1) is 6.07 Å². The minimum atomic E-state index is -4.67. The Morgan fingerprint density at radius 3 is 1.20 bits per heavy atom. The van der Waals surface area contributed by atoms with Crippen LogP contribution in [0.2, 0.25) is 0 Å². The topological polar surface area (TPSA) is 27.7 Å². The van der Waals surface area contributed by atoms with Crippen LogP contribution in [0.25, 0.3) is 0 Å². The van der Waals surface area contributed by atoms with Crippen LogP contribution in [-0.4, -0.2) is 31.4 Å². The Labute approximate surface area is 336 Å². The van der Waals surface area contributed by atoms with E-state index in [-0.39, 0.29) is 22.8 Å². The molecule has 0 saturated heterocycles. The molecule has 0 N–H and O–H groups in total. The first-order valence-corrected chi connectivity index (χ1v) is 19.0. The largest absolute Gasteiger partial charge is 0.864 e. The van der Waals surface area contributed by atoms with Crippen LogP contribution in [0.1, 0.15) is 100 Å². The summed E-state index contributed by atoms with van der Waals surface area (Å²) in [6.45, 7) is 10.1. The third-order valence-corrected chi connectivity index (χ3v) is 9.58. The summed E-state index contributed by atoms with van der Waals surface area (Å²) in [6, 6.07) is 16.5. The van der Waals surface area contributed by atoms with Gasteiger partial charge in [0.05, 0.1) is 41.9 Å². The number of benzene rings is 4. The molecule has 0 aliphatic heterocycles. The minimum absolute atomic E-state index is 0.0312. The molecule has 0 aliphatic carbocycles. The number of rotatable bonds is 17. The second-order valence-corrected chi connectivity index (χ2v) is 13.8. The van der Waals surface area contributed by atoms with Gasteiger partial charge in [0, 0.05) is 0 Å². The third kappa shape index (κ3) is 14.9. The van der Waals surface area contributed by atoms with Gasteiger partial charge in [0.2, 0.25) is 0 Å². The molecule has 0 amide bonds. The average molecular weight is 852 g/mol. The molecule has 0 aromatic heterocycles. The highest BCUT2D eigenvalue weighted by Gasteiger charge is 2.41. The first-order valence-electron chi connectivity index (χ1n) is 19.0. The number of halogens is 12. The van der Waals surface area contributed by atoms with Crippen LogP contribution in [0.3, 0.4) is 0 Å². The van der Waals surface area contributed by atoms with Crippen LogP contribution in [0.4, 0.5) is 52.7 Å². The predicted molar refractivity (Wildman–Crippen MR) is 200 cm³/mol. The van der Waals surface area contributed by atoms with Crippen molar-refractivity contribution in [2.75, 3.05) is 19.6 Å².